The zero-order valence-electron chi connectivity index (χ0n) is 23.0. The van der Waals surface area contributed by atoms with Gasteiger partial charge >= 0.3 is 0 Å². The molecule has 5 aliphatic rings. The Labute approximate surface area is 212 Å². The third-order valence-electron chi connectivity index (χ3n) is 13.4. The van der Waals surface area contributed by atoms with E-state index in [1.807, 2.05) is 13.8 Å². The molecule has 35 heavy (non-hydrogen) atoms. The number of hydrogen-bond donors (Lipinski definition) is 5. The quantitative estimate of drug-likeness (QED) is 0.357. The molecule has 5 nitrogen and oxygen atoms in total. The summed E-state index contributed by atoms with van der Waals surface area (Å²) in [5.74, 6) is 0.754. The van der Waals surface area contributed by atoms with E-state index in [-0.39, 0.29) is 40.3 Å². The summed E-state index contributed by atoms with van der Waals surface area (Å²) in [7, 11) is 0. The smallest absolute Gasteiger partial charge is 0.0913 e. The van der Waals surface area contributed by atoms with E-state index in [0.717, 1.165) is 32.1 Å². The van der Waals surface area contributed by atoms with Gasteiger partial charge in [-0.25, -0.2) is 0 Å². The minimum Gasteiger partial charge on any atom is -0.396 e. The van der Waals surface area contributed by atoms with Crippen molar-refractivity contribution < 1.29 is 25.5 Å². The summed E-state index contributed by atoms with van der Waals surface area (Å²) in [5.41, 5.74) is -0.580. The average Bonchev–Trinajstić information content (AvgIpc) is 2.76. The molecule has 0 saturated heterocycles. The van der Waals surface area contributed by atoms with E-state index in [1.165, 1.54) is 5.57 Å². The van der Waals surface area contributed by atoms with Gasteiger partial charge < -0.3 is 25.5 Å². The van der Waals surface area contributed by atoms with E-state index >= 15 is 0 Å². The summed E-state index contributed by atoms with van der Waals surface area (Å²) < 4.78 is 0. The molecule has 5 heteroatoms. The predicted molar refractivity (Wildman–Crippen MR) is 136 cm³/mol. The van der Waals surface area contributed by atoms with Gasteiger partial charge in [-0.1, -0.05) is 60.1 Å². The van der Waals surface area contributed by atoms with E-state index in [4.69, 9.17) is 0 Å². The molecule has 4 saturated carbocycles. The zero-order chi connectivity index (χ0) is 26.0. The summed E-state index contributed by atoms with van der Waals surface area (Å²) in [6.45, 7) is 15.4. The van der Waals surface area contributed by atoms with Gasteiger partial charge in [-0.2, -0.15) is 0 Å². The Morgan fingerprint density at radius 2 is 1.46 bits per heavy atom. The van der Waals surface area contributed by atoms with E-state index in [1.54, 1.807) is 0 Å². The van der Waals surface area contributed by atoms with Crippen LogP contribution in [0.1, 0.15) is 93.4 Å². The van der Waals surface area contributed by atoms with Crippen molar-refractivity contribution in [2.24, 2.45) is 50.2 Å². The molecule has 0 amide bonds. The van der Waals surface area contributed by atoms with Crippen LogP contribution in [-0.2, 0) is 0 Å². The van der Waals surface area contributed by atoms with Gasteiger partial charge in [0.2, 0.25) is 0 Å². The SMILES string of the molecule is CC1(C)C[C@H]2C3=CC[C@@H]4[C@@]5(C)CC[C@H](O)C(C)(C)[C@@H]5CC[C@@]4(C)[C@]3(C)C[C@@H](O)[C@@]2(CO)[C@@H](O)[C@H]1O. The molecule has 0 aromatic carbocycles. The lowest BCUT2D eigenvalue weighted by molar-refractivity contribution is -0.257. The van der Waals surface area contributed by atoms with Crippen LogP contribution in [0, 0.1) is 50.2 Å². The van der Waals surface area contributed by atoms with Gasteiger partial charge in [-0.05, 0) is 89.8 Å². The number of allylic oxidation sites excluding steroid dienone is 2. The average molecular weight is 491 g/mol. The normalized spacial score (nSPS) is 56.7. The number of rotatable bonds is 1. The molecular weight excluding hydrogens is 440 g/mol. The lowest BCUT2D eigenvalue weighted by Crippen LogP contribution is -2.71. The molecule has 5 rings (SSSR count). The third kappa shape index (κ3) is 2.94. The van der Waals surface area contributed by atoms with Crippen LogP contribution in [0.2, 0.25) is 0 Å². The van der Waals surface area contributed by atoms with Crippen LogP contribution in [0.25, 0.3) is 0 Å². The Kier molecular flexibility index (Phi) is 5.65. The highest BCUT2D eigenvalue weighted by molar-refractivity contribution is 5.36. The van der Waals surface area contributed by atoms with Gasteiger partial charge in [0, 0.05) is 0 Å². The van der Waals surface area contributed by atoms with Crippen molar-refractivity contribution in [1.82, 2.24) is 0 Å². The lowest BCUT2D eigenvalue weighted by atomic mass is 9.33. The first kappa shape index (κ1) is 26.2. The van der Waals surface area contributed by atoms with Crippen molar-refractivity contribution >= 4 is 0 Å². The van der Waals surface area contributed by atoms with E-state index in [0.29, 0.717) is 24.7 Å². The number of hydrogen-bond acceptors (Lipinski definition) is 5. The Morgan fingerprint density at radius 3 is 2.09 bits per heavy atom. The molecule has 0 aromatic heterocycles. The van der Waals surface area contributed by atoms with Crippen LogP contribution in [-0.4, -0.2) is 56.6 Å². The first-order valence-electron chi connectivity index (χ1n) is 14.1. The standard InChI is InChI=1S/C30H50O5/c1-25(2)14-18-17-8-9-20-27(5)12-11-21(32)26(3,4)19(27)10-13-28(20,6)29(17,7)15-22(33)30(18,16-31)24(35)23(25)34/h8,18-24,31-35H,9-16H2,1-7H3/t18-,19-,20+,21-,22+,23+,24-,27-,28+,29+,30-/m0/s1. The summed E-state index contributed by atoms with van der Waals surface area (Å²) in [6.07, 6.45) is 5.25. The van der Waals surface area contributed by atoms with Crippen molar-refractivity contribution in [3.8, 4) is 0 Å². The largest absolute Gasteiger partial charge is 0.396 e. The van der Waals surface area contributed by atoms with Crippen molar-refractivity contribution in [1.29, 1.82) is 0 Å². The monoisotopic (exact) mass is 490 g/mol. The minimum atomic E-state index is -1.17. The maximum atomic E-state index is 11.7. The Balaban J connectivity index is 1.63. The van der Waals surface area contributed by atoms with Crippen LogP contribution in [0.5, 0.6) is 0 Å². The minimum absolute atomic E-state index is 0.0194. The lowest BCUT2D eigenvalue weighted by Gasteiger charge is -2.72. The van der Waals surface area contributed by atoms with Gasteiger partial charge in [-0.15, -0.1) is 0 Å². The molecule has 0 spiro atoms. The Morgan fingerprint density at radius 1 is 0.800 bits per heavy atom. The molecule has 0 bridgehead atoms. The fourth-order valence-corrected chi connectivity index (χ4v) is 10.9. The Hall–Kier alpha value is -0.460. The Bertz CT molecular complexity index is 910. The van der Waals surface area contributed by atoms with Crippen LogP contribution < -0.4 is 0 Å². The van der Waals surface area contributed by atoms with Crippen molar-refractivity contribution in [2.75, 3.05) is 6.61 Å². The molecule has 4 fully saturated rings. The molecule has 0 unspecified atom stereocenters. The van der Waals surface area contributed by atoms with E-state index < -0.39 is 29.1 Å². The van der Waals surface area contributed by atoms with Crippen molar-refractivity contribution in [3.05, 3.63) is 11.6 Å². The van der Waals surface area contributed by atoms with Gasteiger partial charge in [0.05, 0.1) is 36.4 Å². The highest BCUT2D eigenvalue weighted by atomic mass is 16.3. The van der Waals surface area contributed by atoms with Gasteiger partial charge in [0.25, 0.3) is 0 Å². The maximum absolute atomic E-state index is 11.7. The van der Waals surface area contributed by atoms with Crippen LogP contribution >= 0.6 is 0 Å². The van der Waals surface area contributed by atoms with Crippen molar-refractivity contribution in [2.45, 2.75) is 118 Å². The number of fused-ring (bicyclic) bond motifs is 7. The molecule has 5 aliphatic carbocycles. The third-order valence-corrected chi connectivity index (χ3v) is 13.4. The van der Waals surface area contributed by atoms with Gasteiger partial charge in [0.1, 0.15) is 0 Å². The maximum Gasteiger partial charge on any atom is 0.0913 e. The van der Waals surface area contributed by atoms with Crippen molar-refractivity contribution in [3.63, 3.8) is 0 Å². The molecule has 0 aliphatic heterocycles. The molecule has 0 heterocycles. The number of aliphatic hydroxyl groups excluding tert-OH is 5. The van der Waals surface area contributed by atoms with E-state index in [9.17, 15) is 25.5 Å². The molecule has 0 aromatic rings. The zero-order valence-corrected chi connectivity index (χ0v) is 23.0. The molecular formula is C30H50O5. The first-order valence-corrected chi connectivity index (χ1v) is 14.1. The van der Waals surface area contributed by atoms with Gasteiger partial charge in [0.15, 0.2) is 0 Å². The van der Waals surface area contributed by atoms with Crippen LogP contribution in [0.3, 0.4) is 0 Å². The molecule has 200 valence electrons. The highest BCUT2D eigenvalue weighted by Gasteiger charge is 2.72. The van der Waals surface area contributed by atoms with Gasteiger partial charge in [-0.3, -0.25) is 0 Å². The number of aliphatic hydroxyl groups is 5. The molecule has 11 atom stereocenters. The van der Waals surface area contributed by atoms with Crippen LogP contribution in [0.4, 0.5) is 0 Å². The first-order chi connectivity index (χ1) is 16.0. The highest BCUT2D eigenvalue weighted by Crippen LogP contribution is 2.75. The summed E-state index contributed by atoms with van der Waals surface area (Å²) >= 11 is 0. The second-order valence-corrected chi connectivity index (χ2v) is 15.3. The molecule has 5 N–H and O–H groups in total. The second-order valence-electron chi connectivity index (χ2n) is 15.3. The predicted octanol–water partition coefficient (Wildman–Crippen LogP) is 4.05. The fourth-order valence-electron chi connectivity index (χ4n) is 10.9. The fraction of sp³-hybridized carbons (Fsp3) is 0.933. The topological polar surface area (TPSA) is 101 Å². The summed E-state index contributed by atoms with van der Waals surface area (Å²) in [6, 6.07) is 0. The van der Waals surface area contributed by atoms with Crippen LogP contribution in [0.15, 0.2) is 11.6 Å². The molecule has 0 radical (unpaired) electrons. The van der Waals surface area contributed by atoms with E-state index in [2.05, 4.69) is 40.7 Å². The summed E-state index contributed by atoms with van der Waals surface area (Å²) in [4.78, 5) is 0. The summed E-state index contributed by atoms with van der Waals surface area (Å²) in [5, 5.41) is 55.6. The second kappa shape index (κ2) is 7.56.